The molecule has 0 spiro atoms. The molecule has 2 aromatic carbocycles. The largest absolute Gasteiger partial charge is 0.508 e. The summed E-state index contributed by atoms with van der Waals surface area (Å²) in [6.07, 6.45) is 1.85. The molecule has 0 bridgehead atoms. The summed E-state index contributed by atoms with van der Waals surface area (Å²) in [6, 6.07) is 15.8. The van der Waals surface area contributed by atoms with E-state index in [0.717, 1.165) is 55.4 Å². The molecule has 1 fully saturated rings. The second-order valence-corrected chi connectivity index (χ2v) is 6.93. The molecule has 158 valence electrons. The van der Waals surface area contributed by atoms with Gasteiger partial charge < -0.3 is 25.4 Å². The molecule has 1 atom stereocenters. The number of aromatic hydroxyl groups is 1. The van der Waals surface area contributed by atoms with Gasteiger partial charge in [0.15, 0.2) is 5.96 Å². The maximum Gasteiger partial charge on any atom is 0.191 e. The van der Waals surface area contributed by atoms with Crippen LogP contribution in [0.15, 0.2) is 53.5 Å². The normalized spacial score (nSPS) is 16.3. The monoisotopic (exact) mass is 510 g/mol. The molecule has 6 nitrogen and oxygen atoms in total. The van der Waals surface area contributed by atoms with Gasteiger partial charge in [0.25, 0.3) is 0 Å². The van der Waals surface area contributed by atoms with E-state index in [1.54, 1.807) is 19.2 Å². The van der Waals surface area contributed by atoms with E-state index in [2.05, 4.69) is 28.5 Å². The molecular weight excluding hydrogens is 479 g/mol. The van der Waals surface area contributed by atoms with Crippen molar-refractivity contribution in [3.8, 4) is 11.5 Å². The van der Waals surface area contributed by atoms with Crippen LogP contribution in [0.2, 0.25) is 0 Å². The minimum atomic E-state index is 0. The van der Waals surface area contributed by atoms with Crippen LogP contribution >= 0.6 is 24.0 Å². The molecule has 0 aliphatic carbocycles. The third-order valence-electron chi connectivity index (χ3n) is 4.88. The lowest BCUT2D eigenvalue weighted by Crippen LogP contribution is -2.44. The highest BCUT2D eigenvalue weighted by Gasteiger charge is 2.25. The molecule has 1 heterocycles. The number of nitrogens with one attached hydrogen (secondary N) is 2. The molecule has 1 saturated heterocycles. The maximum atomic E-state index is 9.58. The number of phenolic OH excluding ortho intramolecular Hbond substituents is 1. The molecule has 2 aromatic rings. The Morgan fingerprint density at radius 2 is 2.07 bits per heavy atom. The third-order valence-corrected chi connectivity index (χ3v) is 4.88. The van der Waals surface area contributed by atoms with Crippen LogP contribution in [0.1, 0.15) is 18.9 Å². The van der Waals surface area contributed by atoms with E-state index in [1.807, 2.05) is 30.3 Å². The smallest absolute Gasteiger partial charge is 0.191 e. The summed E-state index contributed by atoms with van der Waals surface area (Å²) in [5.74, 6) is 2.05. The van der Waals surface area contributed by atoms with Gasteiger partial charge in [0, 0.05) is 32.2 Å². The minimum Gasteiger partial charge on any atom is -0.508 e. The molecule has 1 aliphatic rings. The van der Waals surface area contributed by atoms with E-state index in [9.17, 15) is 5.11 Å². The lowest BCUT2D eigenvalue weighted by Gasteiger charge is -2.22. The van der Waals surface area contributed by atoms with Crippen LogP contribution in [0.4, 0.5) is 5.69 Å². The van der Waals surface area contributed by atoms with Crippen molar-refractivity contribution in [3.05, 3.63) is 54.1 Å². The summed E-state index contributed by atoms with van der Waals surface area (Å²) in [5, 5.41) is 16.5. The van der Waals surface area contributed by atoms with Crippen molar-refractivity contribution in [2.45, 2.75) is 25.8 Å². The number of benzene rings is 2. The zero-order valence-electron chi connectivity index (χ0n) is 17.1. The predicted molar refractivity (Wildman–Crippen MR) is 130 cm³/mol. The van der Waals surface area contributed by atoms with Gasteiger partial charge in [-0.05, 0) is 49.6 Å². The Labute approximate surface area is 190 Å². The Bertz CT molecular complexity index is 800. The fourth-order valence-electron chi connectivity index (χ4n) is 3.51. The van der Waals surface area contributed by atoms with E-state index in [0.29, 0.717) is 18.3 Å². The number of ether oxygens (including phenoxy) is 1. The molecule has 3 rings (SSSR count). The Balaban J connectivity index is 0.00000300. The minimum absolute atomic E-state index is 0. The van der Waals surface area contributed by atoms with Crippen LogP contribution in [0.5, 0.6) is 11.5 Å². The molecular formula is C22H31IN4O2. The number of phenols is 1. The molecule has 0 radical (unpaired) electrons. The van der Waals surface area contributed by atoms with Crippen molar-refractivity contribution >= 4 is 35.6 Å². The first kappa shape index (κ1) is 23.1. The van der Waals surface area contributed by atoms with Gasteiger partial charge in [-0.3, -0.25) is 4.99 Å². The second kappa shape index (κ2) is 11.7. The van der Waals surface area contributed by atoms with E-state index in [-0.39, 0.29) is 24.0 Å². The number of anilines is 1. The van der Waals surface area contributed by atoms with Crippen molar-refractivity contribution in [1.29, 1.82) is 0 Å². The first-order valence-corrected chi connectivity index (χ1v) is 9.90. The van der Waals surface area contributed by atoms with Crippen molar-refractivity contribution in [3.63, 3.8) is 0 Å². The molecule has 0 amide bonds. The fraction of sp³-hybridized carbons (Fsp3) is 0.409. The van der Waals surface area contributed by atoms with Gasteiger partial charge in [-0.2, -0.15) is 0 Å². The Kier molecular flexibility index (Phi) is 9.37. The summed E-state index contributed by atoms with van der Waals surface area (Å²) in [4.78, 5) is 7.06. The second-order valence-electron chi connectivity index (χ2n) is 6.93. The SMILES string of the molecule is CCNC(=NCCc1cccc(O)c1)NC1CCN(c2ccccc2OC)C1.I. The number of rotatable bonds is 7. The lowest BCUT2D eigenvalue weighted by molar-refractivity contribution is 0.415. The highest BCUT2D eigenvalue weighted by molar-refractivity contribution is 14.0. The van der Waals surface area contributed by atoms with Crippen molar-refractivity contribution < 1.29 is 9.84 Å². The number of para-hydroxylation sites is 2. The molecule has 0 aromatic heterocycles. The zero-order chi connectivity index (χ0) is 19.8. The summed E-state index contributed by atoms with van der Waals surface area (Å²) in [5.41, 5.74) is 2.22. The summed E-state index contributed by atoms with van der Waals surface area (Å²) in [6.45, 7) is 5.46. The van der Waals surface area contributed by atoms with E-state index in [1.165, 1.54) is 0 Å². The van der Waals surface area contributed by atoms with Gasteiger partial charge in [-0.25, -0.2) is 0 Å². The highest BCUT2D eigenvalue weighted by atomic mass is 127. The highest BCUT2D eigenvalue weighted by Crippen LogP contribution is 2.30. The average molecular weight is 510 g/mol. The number of halogens is 1. The standard InChI is InChI=1S/C22H30N4O2.HI/c1-3-23-22(24-13-11-17-7-6-8-19(27)15-17)25-18-12-14-26(16-18)20-9-4-5-10-21(20)28-2;/h4-10,15,18,27H,3,11-14,16H2,1-2H3,(H2,23,24,25);1H. The van der Waals surface area contributed by atoms with Gasteiger partial charge in [0.05, 0.1) is 12.8 Å². The predicted octanol–water partition coefficient (Wildman–Crippen LogP) is 3.40. The van der Waals surface area contributed by atoms with Crippen molar-refractivity contribution in [2.24, 2.45) is 4.99 Å². The van der Waals surface area contributed by atoms with Crippen molar-refractivity contribution in [1.82, 2.24) is 10.6 Å². The van der Waals surface area contributed by atoms with Crippen LogP contribution in [0.25, 0.3) is 0 Å². The molecule has 7 heteroatoms. The van der Waals surface area contributed by atoms with Crippen LogP contribution in [-0.2, 0) is 6.42 Å². The van der Waals surface area contributed by atoms with Crippen LogP contribution in [0.3, 0.4) is 0 Å². The molecule has 1 unspecified atom stereocenters. The first-order chi connectivity index (χ1) is 13.7. The number of guanidine groups is 1. The third kappa shape index (κ3) is 6.69. The summed E-state index contributed by atoms with van der Waals surface area (Å²) < 4.78 is 5.50. The number of hydrogen-bond donors (Lipinski definition) is 3. The Hall–Kier alpha value is -2.16. The molecule has 0 saturated carbocycles. The van der Waals surface area contributed by atoms with E-state index >= 15 is 0 Å². The lowest BCUT2D eigenvalue weighted by atomic mass is 10.1. The van der Waals surface area contributed by atoms with E-state index < -0.39 is 0 Å². The molecule has 1 aliphatic heterocycles. The number of hydrogen-bond acceptors (Lipinski definition) is 4. The Morgan fingerprint density at radius 3 is 2.83 bits per heavy atom. The maximum absolute atomic E-state index is 9.58. The molecule has 3 N–H and O–H groups in total. The van der Waals surface area contributed by atoms with Crippen LogP contribution in [-0.4, -0.2) is 50.4 Å². The molecule has 29 heavy (non-hydrogen) atoms. The van der Waals surface area contributed by atoms with Gasteiger partial charge in [-0.1, -0.05) is 24.3 Å². The number of aliphatic imine (C=N–C) groups is 1. The van der Waals surface area contributed by atoms with Gasteiger partial charge >= 0.3 is 0 Å². The van der Waals surface area contributed by atoms with E-state index in [4.69, 9.17) is 9.73 Å². The quantitative estimate of drug-likeness (QED) is 0.303. The van der Waals surface area contributed by atoms with Crippen molar-refractivity contribution in [2.75, 3.05) is 38.2 Å². The van der Waals surface area contributed by atoms with Crippen LogP contribution in [0, 0.1) is 0 Å². The van der Waals surface area contributed by atoms with Crippen LogP contribution < -0.4 is 20.3 Å². The number of nitrogens with zero attached hydrogens (tertiary/aromatic N) is 2. The van der Waals surface area contributed by atoms with Gasteiger partial charge in [0.1, 0.15) is 11.5 Å². The zero-order valence-corrected chi connectivity index (χ0v) is 19.4. The Morgan fingerprint density at radius 1 is 1.24 bits per heavy atom. The van der Waals surface area contributed by atoms with Gasteiger partial charge in [0.2, 0.25) is 0 Å². The first-order valence-electron chi connectivity index (χ1n) is 9.90. The average Bonchev–Trinajstić information content (AvgIpc) is 3.16. The summed E-state index contributed by atoms with van der Waals surface area (Å²) >= 11 is 0. The summed E-state index contributed by atoms with van der Waals surface area (Å²) in [7, 11) is 1.72. The number of methoxy groups -OCH3 is 1. The van der Waals surface area contributed by atoms with Gasteiger partial charge in [-0.15, -0.1) is 24.0 Å². The topological polar surface area (TPSA) is 69.1 Å². The fourth-order valence-corrected chi connectivity index (χ4v) is 3.51.